The number of rotatable bonds is 7. The highest BCUT2D eigenvalue weighted by atomic mass is 31.2. The average Bonchev–Trinajstić information content (AvgIpc) is 2.22. The van der Waals surface area contributed by atoms with Crippen molar-refractivity contribution in [2.75, 3.05) is 13.2 Å². The Morgan fingerprint density at radius 2 is 1.80 bits per heavy atom. The lowest BCUT2D eigenvalue weighted by Crippen LogP contribution is -2.44. The van der Waals surface area contributed by atoms with Crippen molar-refractivity contribution < 1.29 is 39.5 Å². The molecule has 0 saturated carbocycles. The van der Waals surface area contributed by atoms with Crippen molar-refractivity contribution >= 4 is 14.4 Å². The van der Waals surface area contributed by atoms with E-state index in [2.05, 4.69) is 4.52 Å². The highest BCUT2D eigenvalue weighted by molar-refractivity contribution is 7.39. The van der Waals surface area contributed by atoms with Crippen LogP contribution < -0.4 is 0 Å². The number of carbonyl (C=O) groups excluding carboxylic acids is 1. The Morgan fingerprint density at radius 1 is 1.27 bits per heavy atom. The quantitative estimate of drug-likeness (QED) is 0.257. The normalized spacial score (nSPS) is 17.5. The van der Waals surface area contributed by atoms with Gasteiger partial charge in [-0.05, 0) is 0 Å². The average molecular weight is 244 g/mol. The van der Waals surface area contributed by atoms with E-state index in [1.165, 1.54) is 0 Å². The summed E-state index contributed by atoms with van der Waals surface area (Å²) >= 11 is 0. The number of Topliss-reactive ketones (excluding diaryl/α,β-unsaturated/α-hetero) is 1. The molecule has 3 atom stereocenters. The standard InChI is InChI=1S/C6H13O8P/c7-1-3(8)5(10)6(11)4(9)2-14-15(12)13/h3,5-8,10-13H,1-2H2/t3-,5+,6+/m0/s1. The molecular formula is C6H13O8P. The molecule has 8 nitrogen and oxygen atoms in total. The number of hydrogen-bond donors (Lipinski definition) is 6. The van der Waals surface area contributed by atoms with Crippen LogP contribution in [0.1, 0.15) is 0 Å². The molecule has 0 aliphatic carbocycles. The second-order valence-corrected chi connectivity index (χ2v) is 3.44. The van der Waals surface area contributed by atoms with Gasteiger partial charge in [0.15, 0.2) is 5.78 Å². The third-order valence-electron chi connectivity index (χ3n) is 1.56. The van der Waals surface area contributed by atoms with E-state index >= 15 is 0 Å². The summed E-state index contributed by atoms with van der Waals surface area (Å²) in [5, 5.41) is 35.4. The zero-order valence-electron chi connectivity index (χ0n) is 7.59. The van der Waals surface area contributed by atoms with Crippen molar-refractivity contribution in [2.45, 2.75) is 18.3 Å². The van der Waals surface area contributed by atoms with E-state index in [-0.39, 0.29) is 0 Å². The van der Waals surface area contributed by atoms with E-state index in [4.69, 9.17) is 30.2 Å². The minimum atomic E-state index is -2.72. The third-order valence-corrected chi connectivity index (χ3v) is 1.92. The third kappa shape index (κ3) is 5.45. The molecule has 0 heterocycles. The Kier molecular flexibility index (Phi) is 7.07. The van der Waals surface area contributed by atoms with Crippen LogP contribution in [0.5, 0.6) is 0 Å². The number of hydrogen-bond acceptors (Lipinski definition) is 8. The molecule has 0 bridgehead atoms. The second-order valence-electron chi connectivity index (χ2n) is 2.68. The zero-order valence-corrected chi connectivity index (χ0v) is 8.49. The van der Waals surface area contributed by atoms with E-state index in [0.717, 1.165) is 0 Å². The first-order chi connectivity index (χ1) is 6.90. The molecule has 15 heavy (non-hydrogen) atoms. The molecule has 6 N–H and O–H groups in total. The van der Waals surface area contributed by atoms with Crippen LogP contribution in [0.3, 0.4) is 0 Å². The molecular weight excluding hydrogens is 231 g/mol. The van der Waals surface area contributed by atoms with Crippen LogP contribution in [-0.2, 0) is 9.32 Å². The lowest BCUT2D eigenvalue weighted by Gasteiger charge is -2.20. The Hall–Kier alpha value is -0.180. The van der Waals surface area contributed by atoms with Crippen LogP contribution in [-0.4, -0.2) is 67.5 Å². The molecule has 0 aliphatic rings. The first-order valence-electron chi connectivity index (χ1n) is 3.88. The van der Waals surface area contributed by atoms with E-state index in [1.54, 1.807) is 0 Å². The second kappa shape index (κ2) is 7.15. The van der Waals surface area contributed by atoms with E-state index in [1.807, 2.05) is 0 Å². The van der Waals surface area contributed by atoms with Gasteiger partial charge >= 0.3 is 8.60 Å². The predicted octanol–water partition coefficient (Wildman–Crippen LogP) is -3.14. The Labute approximate surface area is 86.4 Å². The number of carbonyl (C=O) groups is 1. The summed E-state index contributed by atoms with van der Waals surface area (Å²) < 4.78 is 4.10. The lowest BCUT2D eigenvalue weighted by molar-refractivity contribution is -0.142. The summed E-state index contributed by atoms with van der Waals surface area (Å²) in [6.45, 7) is -1.63. The number of aliphatic hydroxyl groups is 4. The summed E-state index contributed by atoms with van der Waals surface area (Å²) in [5.74, 6) is -1.04. The van der Waals surface area contributed by atoms with Gasteiger partial charge in [0.05, 0.1) is 6.61 Å². The maximum atomic E-state index is 11.0. The molecule has 0 aliphatic heterocycles. The van der Waals surface area contributed by atoms with Gasteiger partial charge in [-0.2, -0.15) is 0 Å². The van der Waals surface area contributed by atoms with Crippen molar-refractivity contribution in [3.05, 3.63) is 0 Å². The molecule has 0 fully saturated rings. The topological polar surface area (TPSA) is 148 Å². The van der Waals surface area contributed by atoms with Crippen LogP contribution in [0.25, 0.3) is 0 Å². The minimum Gasteiger partial charge on any atom is -0.394 e. The van der Waals surface area contributed by atoms with Gasteiger partial charge in [-0.3, -0.25) is 4.79 Å². The maximum Gasteiger partial charge on any atom is 0.327 e. The molecule has 0 rings (SSSR count). The first-order valence-corrected chi connectivity index (χ1v) is 5.05. The summed E-state index contributed by atoms with van der Waals surface area (Å²) in [6.07, 6.45) is -5.47. The Morgan fingerprint density at radius 3 is 2.20 bits per heavy atom. The predicted molar refractivity (Wildman–Crippen MR) is 47.4 cm³/mol. The fourth-order valence-corrected chi connectivity index (χ4v) is 0.958. The molecule has 0 spiro atoms. The van der Waals surface area contributed by atoms with Gasteiger partial charge < -0.3 is 34.7 Å². The highest BCUT2D eigenvalue weighted by Gasteiger charge is 2.30. The van der Waals surface area contributed by atoms with Gasteiger partial charge in [-0.15, -0.1) is 0 Å². The van der Waals surface area contributed by atoms with E-state index in [9.17, 15) is 4.79 Å². The van der Waals surface area contributed by atoms with Crippen molar-refractivity contribution in [3.63, 3.8) is 0 Å². The largest absolute Gasteiger partial charge is 0.394 e. The fourth-order valence-electron chi connectivity index (χ4n) is 0.716. The zero-order chi connectivity index (χ0) is 12.0. The van der Waals surface area contributed by atoms with Gasteiger partial charge in [0.25, 0.3) is 0 Å². The highest BCUT2D eigenvalue weighted by Crippen LogP contribution is 2.23. The molecule has 0 unspecified atom stereocenters. The van der Waals surface area contributed by atoms with E-state index in [0.29, 0.717) is 0 Å². The maximum absolute atomic E-state index is 11.0. The SMILES string of the molecule is O=C(COP(O)O)[C@@H](O)[C@H](O)[C@@H](O)CO. The molecule has 9 heteroatoms. The van der Waals surface area contributed by atoms with E-state index < -0.39 is 45.9 Å². The first kappa shape index (κ1) is 14.8. The molecule has 0 aromatic rings. The van der Waals surface area contributed by atoms with Gasteiger partial charge in [-0.25, -0.2) is 0 Å². The number of aliphatic hydroxyl groups excluding tert-OH is 4. The fraction of sp³-hybridized carbons (Fsp3) is 0.833. The number of ketones is 1. The summed E-state index contributed by atoms with van der Waals surface area (Å²) in [4.78, 5) is 27.5. The van der Waals surface area contributed by atoms with Crippen LogP contribution >= 0.6 is 8.60 Å². The summed E-state index contributed by atoms with van der Waals surface area (Å²) in [5.41, 5.74) is 0. The molecule has 0 radical (unpaired) electrons. The molecule has 0 amide bonds. The monoisotopic (exact) mass is 244 g/mol. The van der Waals surface area contributed by atoms with Crippen LogP contribution in [0.15, 0.2) is 0 Å². The van der Waals surface area contributed by atoms with Crippen LogP contribution in [0, 0.1) is 0 Å². The Balaban J connectivity index is 4.07. The van der Waals surface area contributed by atoms with Gasteiger partial charge in [0.1, 0.15) is 24.9 Å². The smallest absolute Gasteiger partial charge is 0.327 e. The summed E-state index contributed by atoms with van der Waals surface area (Å²) in [6, 6.07) is 0. The lowest BCUT2D eigenvalue weighted by atomic mass is 10.1. The van der Waals surface area contributed by atoms with Crippen molar-refractivity contribution in [1.82, 2.24) is 0 Å². The van der Waals surface area contributed by atoms with Gasteiger partial charge in [0, 0.05) is 0 Å². The molecule has 90 valence electrons. The van der Waals surface area contributed by atoms with Gasteiger partial charge in [-0.1, -0.05) is 0 Å². The van der Waals surface area contributed by atoms with Crippen molar-refractivity contribution in [3.8, 4) is 0 Å². The minimum absolute atomic E-state index is 0.810. The van der Waals surface area contributed by atoms with Gasteiger partial charge in [0.2, 0.25) is 0 Å². The molecule has 0 aromatic carbocycles. The van der Waals surface area contributed by atoms with Crippen LogP contribution in [0.2, 0.25) is 0 Å². The Bertz CT molecular complexity index is 198. The van der Waals surface area contributed by atoms with Crippen LogP contribution in [0.4, 0.5) is 0 Å². The molecule has 0 aromatic heterocycles. The summed E-state index contributed by atoms with van der Waals surface area (Å²) in [7, 11) is -2.72. The molecule has 0 saturated heterocycles. The van der Waals surface area contributed by atoms with Crippen molar-refractivity contribution in [1.29, 1.82) is 0 Å². The van der Waals surface area contributed by atoms with Crippen molar-refractivity contribution in [2.24, 2.45) is 0 Å².